The number of anilines is 2. The molecule has 4 nitrogen and oxygen atoms in total. The second kappa shape index (κ2) is 3.70. The second-order valence-electron chi connectivity index (χ2n) is 5.52. The first-order chi connectivity index (χ1) is 9.24. The molecule has 1 saturated carbocycles. The van der Waals surface area contributed by atoms with Crippen LogP contribution in [-0.4, -0.2) is 11.8 Å². The van der Waals surface area contributed by atoms with Crippen molar-refractivity contribution < 1.29 is 9.59 Å². The summed E-state index contributed by atoms with van der Waals surface area (Å²) >= 11 is 0. The van der Waals surface area contributed by atoms with E-state index < -0.39 is 0 Å². The summed E-state index contributed by atoms with van der Waals surface area (Å²) in [5.74, 6) is -0.0583. The third kappa shape index (κ3) is 1.46. The van der Waals surface area contributed by atoms with E-state index in [2.05, 4.69) is 22.8 Å². The van der Waals surface area contributed by atoms with Gasteiger partial charge in [0.25, 0.3) is 0 Å². The molecule has 1 heterocycles. The molecule has 0 aromatic heterocycles. The third-order valence-electron chi connectivity index (χ3n) is 4.51. The fourth-order valence-corrected chi connectivity index (χ4v) is 3.67. The average molecular weight is 254 g/mol. The van der Waals surface area contributed by atoms with Crippen LogP contribution in [0.25, 0.3) is 0 Å². The van der Waals surface area contributed by atoms with Gasteiger partial charge in [-0.3, -0.25) is 9.59 Å². The summed E-state index contributed by atoms with van der Waals surface area (Å²) in [5.41, 5.74) is 1.37. The summed E-state index contributed by atoms with van der Waals surface area (Å²) in [6, 6.07) is 7.34. The third-order valence-corrected chi connectivity index (χ3v) is 4.51. The number of carbonyl (C=O) groups excluding carboxylic acids is 2. The smallest absolute Gasteiger partial charge is 0.228 e. The monoisotopic (exact) mass is 254 g/mol. The van der Waals surface area contributed by atoms with E-state index in [4.69, 9.17) is 0 Å². The molecule has 4 atom stereocenters. The number of hydrogen-bond donors (Lipinski definition) is 2. The Bertz CT molecular complexity index is 557. The minimum atomic E-state index is -0.219. The van der Waals surface area contributed by atoms with Gasteiger partial charge in [0, 0.05) is 0 Å². The Balaban J connectivity index is 1.80. The number of amides is 2. The molecular weight excluding hydrogens is 240 g/mol. The van der Waals surface area contributed by atoms with E-state index in [1.807, 2.05) is 24.3 Å². The Morgan fingerprint density at radius 3 is 1.79 bits per heavy atom. The predicted molar refractivity (Wildman–Crippen MR) is 71.4 cm³/mol. The van der Waals surface area contributed by atoms with E-state index >= 15 is 0 Å². The van der Waals surface area contributed by atoms with Crippen molar-refractivity contribution in [2.24, 2.45) is 23.7 Å². The summed E-state index contributed by atoms with van der Waals surface area (Å²) < 4.78 is 0. The van der Waals surface area contributed by atoms with Crippen LogP contribution in [0.2, 0.25) is 0 Å². The van der Waals surface area contributed by atoms with Crippen molar-refractivity contribution >= 4 is 23.2 Å². The van der Waals surface area contributed by atoms with Gasteiger partial charge in [-0.25, -0.2) is 0 Å². The number of allylic oxidation sites excluding steroid dienone is 2. The van der Waals surface area contributed by atoms with Crippen LogP contribution in [0.1, 0.15) is 6.42 Å². The quantitative estimate of drug-likeness (QED) is 0.696. The van der Waals surface area contributed by atoms with Gasteiger partial charge in [0.1, 0.15) is 0 Å². The first-order valence-corrected chi connectivity index (χ1v) is 6.63. The summed E-state index contributed by atoms with van der Waals surface area (Å²) in [6.07, 6.45) is 5.10. The molecule has 0 radical (unpaired) electrons. The van der Waals surface area contributed by atoms with E-state index in [0.29, 0.717) is 11.4 Å². The number of para-hydroxylation sites is 2. The first kappa shape index (κ1) is 10.8. The molecule has 2 N–H and O–H groups in total. The number of hydrogen-bond acceptors (Lipinski definition) is 2. The molecule has 19 heavy (non-hydrogen) atoms. The molecule has 2 bridgehead atoms. The molecule has 2 aliphatic carbocycles. The number of benzene rings is 1. The van der Waals surface area contributed by atoms with Gasteiger partial charge in [-0.15, -0.1) is 0 Å². The Morgan fingerprint density at radius 1 is 0.842 bits per heavy atom. The van der Waals surface area contributed by atoms with Crippen molar-refractivity contribution in [1.29, 1.82) is 0 Å². The lowest BCUT2D eigenvalue weighted by Crippen LogP contribution is -2.41. The molecule has 1 fully saturated rings. The van der Waals surface area contributed by atoms with E-state index in [0.717, 1.165) is 6.42 Å². The highest BCUT2D eigenvalue weighted by Gasteiger charge is 2.52. The standard InChI is InChI=1S/C15H14N2O2/c18-14-12-8-5-6-9(7-8)13(12)15(19)17-11-4-2-1-3-10(11)16-14/h1-6,8-9,12-13H,7H2,(H,16,18)(H,17,19)/t8-,9-,12-,13+/m0/s1. The number of rotatable bonds is 0. The second-order valence-corrected chi connectivity index (χ2v) is 5.52. The van der Waals surface area contributed by atoms with E-state index in [1.165, 1.54) is 0 Å². The average Bonchev–Trinajstić information content (AvgIpc) is 2.99. The minimum Gasteiger partial charge on any atom is -0.324 e. The zero-order valence-corrected chi connectivity index (χ0v) is 10.3. The molecule has 4 heteroatoms. The lowest BCUT2D eigenvalue weighted by atomic mass is 9.81. The van der Waals surface area contributed by atoms with Crippen LogP contribution < -0.4 is 10.6 Å². The lowest BCUT2D eigenvalue weighted by Gasteiger charge is -2.29. The highest BCUT2D eigenvalue weighted by molar-refractivity contribution is 6.06. The van der Waals surface area contributed by atoms with Gasteiger partial charge in [-0.2, -0.15) is 0 Å². The van der Waals surface area contributed by atoms with Crippen LogP contribution in [0, 0.1) is 23.7 Å². The molecule has 96 valence electrons. The van der Waals surface area contributed by atoms with E-state index in [9.17, 15) is 9.59 Å². The van der Waals surface area contributed by atoms with Crippen LogP contribution in [0.5, 0.6) is 0 Å². The molecule has 0 spiro atoms. The lowest BCUT2D eigenvalue weighted by molar-refractivity contribution is -0.129. The van der Waals surface area contributed by atoms with Gasteiger partial charge in [-0.05, 0) is 30.4 Å². The molecular formula is C15H14N2O2. The number of fused-ring (bicyclic) bond motifs is 6. The molecule has 4 rings (SSSR count). The summed E-state index contributed by atoms with van der Waals surface area (Å²) in [5, 5.41) is 5.90. The normalized spacial score (nSPS) is 34.9. The van der Waals surface area contributed by atoms with Crippen LogP contribution in [0.4, 0.5) is 11.4 Å². The van der Waals surface area contributed by atoms with Gasteiger partial charge in [0.15, 0.2) is 0 Å². The Morgan fingerprint density at radius 2 is 1.32 bits per heavy atom. The summed E-state index contributed by atoms with van der Waals surface area (Å²) in [7, 11) is 0. The largest absolute Gasteiger partial charge is 0.324 e. The SMILES string of the molecule is O=C1Nc2ccccc2NC(=O)[C@H]2[C@@H]1[C@H]1C=C[C@H]2C1. The molecule has 0 saturated heterocycles. The topological polar surface area (TPSA) is 58.2 Å². The Kier molecular flexibility index (Phi) is 2.10. The molecule has 0 unspecified atom stereocenters. The van der Waals surface area contributed by atoms with Gasteiger partial charge >= 0.3 is 0 Å². The maximum atomic E-state index is 12.4. The minimum absolute atomic E-state index is 0.0239. The van der Waals surface area contributed by atoms with Crippen molar-refractivity contribution in [2.45, 2.75) is 6.42 Å². The van der Waals surface area contributed by atoms with E-state index in [-0.39, 0.29) is 35.5 Å². The molecule has 2 amide bonds. The fraction of sp³-hybridized carbons (Fsp3) is 0.333. The van der Waals surface area contributed by atoms with Gasteiger partial charge < -0.3 is 10.6 Å². The highest BCUT2D eigenvalue weighted by Crippen LogP contribution is 2.49. The Labute approximate surface area is 110 Å². The zero-order valence-electron chi connectivity index (χ0n) is 10.3. The highest BCUT2D eigenvalue weighted by atomic mass is 16.2. The van der Waals surface area contributed by atoms with Crippen molar-refractivity contribution in [3.05, 3.63) is 36.4 Å². The molecule has 3 aliphatic rings. The van der Waals surface area contributed by atoms with Crippen LogP contribution >= 0.6 is 0 Å². The van der Waals surface area contributed by atoms with E-state index in [1.54, 1.807) is 0 Å². The van der Waals surface area contributed by atoms with Crippen LogP contribution in [0.3, 0.4) is 0 Å². The van der Waals surface area contributed by atoms with Gasteiger partial charge in [0.05, 0.1) is 23.2 Å². The molecule has 1 aliphatic heterocycles. The first-order valence-electron chi connectivity index (χ1n) is 6.63. The van der Waals surface area contributed by atoms with Crippen molar-refractivity contribution in [3.63, 3.8) is 0 Å². The summed E-state index contributed by atoms with van der Waals surface area (Å²) in [6.45, 7) is 0. The van der Waals surface area contributed by atoms with Gasteiger partial charge in [0.2, 0.25) is 11.8 Å². The Hall–Kier alpha value is -2.10. The fourth-order valence-electron chi connectivity index (χ4n) is 3.67. The van der Waals surface area contributed by atoms with Crippen molar-refractivity contribution in [2.75, 3.05) is 10.6 Å². The molecule has 1 aromatic rings. The van der Waals surface area contributed by atoms with Crippen LogP contribution in [0.15, 0.2) is 36.4 Å². The zero-order chi connectivity index (χ0) is 13.0. The maximum absolute atomic E-state index is 12.4. The van der Waals surface area contributed by atoms with Crippen LogP contribution in [-0.2, 0) is 9.59 Å². The molecule has 1 aromatic carbocycles. The number of nitrogens with one attached hydrogen (secondary N) is 2. The predicted octanol–water partition coefficient (Wildman–Crippen LogP) is 2.02. The number of carbonyl (C=O) groups is 2. The van der Waals surface area contributed by atoms with Gasteiger partial charge in [-0.1, -0.05) is 24.3 Å². The maximum Gasteiger partial charge on any atom is 0.228 e. The summed E-state index contributed by atoms with van der Waals surface area (Å²) in [4.78, 5) is 24.8. The van der Waals surface area contributed by atoms with Crippen molar-refractivity contribution in [1.82, 2.24) is 0 Å². The van der Waals surface area contributed by atoms with Crippen molar-refractivity contribution in [3.8, 4) is 0 Å².